The maximum absolute atomic E-state index is 14.0. The molecule has 1 atom stereocenters. The SMILES string of the molecule is C[C@@H](C#N)n1c(N2CC3(CCOC3)C2)c(-c2ccc(F)c(Cl)c2)c(=O)n(-c2cncc(Cl)c2)c1=O. The van der Waals surface area contributed by atoms with E-state index >= 15 is 0 Å². The van der Waals surface area contributed by atoms with Gasteiger partial charge < -0.3 is 9.64 Å². The summed E-state index contributed by atoms with van der Waals surface area (Å²) in [5, 5.41) is 9.86. The molecule has 0 aliphatic carbocycles. The number of nitriles is 1. The molecular formula is C24H20Cl2FN5O3. The second kappa shape index (κ2) is 8.79. The summed E-state index contributed by atoms with van der Waals surface area (Å²) in [6.07, 6.45) is 3.58. The van der Waals surface area contributed by atoms with E-state index in [1.54, 1.807) is 6.92 Å². The number of hydrogen-bond acceptors (Lipinski definition) is 6. The molecule has 2 fully saturated rings. The monoisotopic (exact) mass is 515 g/mol. The van der Waals surface area contributed by atoms with E-state index < -0.39 is 23.1 Å². The Morgan fingerprint density at radius 3 is 2.63 bits per heavy atom. The molecule has 5 rings (SSSR count). The van der Waals surface area contributed by atoms with Crippen LogP contribution >= 0.6 is 23.2 Å². The maximum atomic E-state index is 14.0. The lowest BCUT2D eigenvalue weighted by molar-refractivity contribution is 0.130. The fourth-order valence-corrected chi connectivity index (χ4v) is 5.15. The Morgan fingerprint density at radius 2 is 2.00 bits per heavy atom. The highest BCUT2D eigenvalue weighted by molar-refractivity contribution is 6.31. The highest BCUT2D eigenvalue weighted by atomic mass is 35.5. The van der Waals surface area contributed by atoms with Crippen molar-refractivity contribution in [2.24, 2.45) is 5.41 Å². The summed E-state index contributed by atoms with van der Waals surface area (Å²) in [6, 6.07) is 6.57. The van der Waals surface area contributed by atoms with Crippen molar-refractivity contribution < 1.29 is 9.13 Å². The van der Waals surface area contributed by atoms with Gasteiger partial charge in [-0.25, -0.2) is 13.8 Å². The van der Waals surface area contributed by atoms with Crippen molar-refractivity contribution in [3.8, 4) is 22.9 Å². The van der Waals surface area contributed by atoms with Gasteiger partial charge in [0, 0.05) is 31.3 Å². The van der Waals surface area contributed by atoms with Crippen LogP contribution in [0, 0.1) is 22.6 Å². The molecule has 11 heteroatoms. The van der Waals surface area contributed by atoms with Gasteiger partial charge in [-0.15, -0.1) is 0 Å². The van der Waals surface area contributed by atoms with E-state index in [-0.39, 0.29) is 26.7 Å². The smallest absolute Gasteiger partial charge is 0.338 e. The Kier molecular flexibility index (Phi) is 5.91. The molecule has 2 saturated heterocycles. The van der Waals surface area contributed by atoms with Crippen LogP contribution in [0.25, 0.3) is 16.8 Å². The molecule has 2 aromatic heterocycles. The van der Waals surface area contributed by atoms with E-state index in [0.717, 1.165) is 17.1 Å². The lowest BCUT2D eigenvalue weighted by Gasteiger charge is -2.49. The van der Waals surface area contributed by atoms with Gasteiger partial charge in [0.1, 0.15) is 17.7 Å². The number of nitrogens with zero attached hydrogens (tertiary/aromatic N) is 5. The number of rotatable bonds is 4. The molecule has 0 N–H and O–H groups in total. The molecule has 1 aromatic carbocycles. The first-order chi connectivity index (χ1) is 16.7. The van der Waals surface area contributed by atoms with Crippen molar-refractivity contribution in [2.75, 3.05) is 31.2 Å². The largest absolute Gasteiger partial charge is 0.381 e. The fraction of sp³-hybridized carbons (Fsp3) is 0.333. The highest BCUT2D eigenvalue weighted by Crippen LogP contribution is 2.43. The van der Waals surface area contributed by atoms with Crippen LogP contribution in [-0.2, 0) is 4.74 Å². The van der Waals surface area contributed by atoms with Gasteiger partial charge in [-0.1, -0.05) is 29.3 Å². The molecule has 8 nitrogen and oxygen atoms in total. The van der Waals surface area contributed by atoms with E-state index in [4.69, 9.17) is 27.9 Å². The van der Waals surface area contributed by atoms with Gasteiger partial charge in [0.25, 0.3) is 5.56 Å². The fourth-order valence-electron chi connectivity index (χ4n) is 4.80. The second-order valence-corrected chi connectivity index (χ2v) is 9.79. The first-order valence-electron chi connectivity index (χ1n) is 10.9. The summed E-state index contributed by atoms with van der Waals surface area (Å²) in [7, 11) is 0. The first-order valence-corrected chi connectivity index (χ1v) is 11.7. The Morgan fingerprint density at radius 1 is 1.23 bits per heavy atom. The summed E-state index contributed by atoms with van der Waals surface area (Å²) >= 11 is 12.2. The zero-order valence-electron chi connectivity index (χ0n) is 18.7. The molecule has 35 heavy (non-hydrogen) atoms. The van der Waals surface area contributed by atoms with Crippen molar-refractivity contribution in [3.63, 3.8) is 0 Å². The van der Waals surface area contributed by atoms with Crippen LogP contribution in [0.1, 0.15) is 19.4 Å². The summed E-state index contributed by atoms with van der Waals surface area (Å²) in [4.78, 5) is 33.6. The number of benzene rings is 1. The minimum atomic E-state index is -0.914. The van der Waals surface area contributed by atoms with Gasteiger partial charge in [-0.3, -0.25) is 14.3 Å². The third kappa shape index (κ3) is 3.92. The van der Waals surface area contributed by atoms with Crippen molar-refractivity contribution in [3.05, 3.63) is 73.4 Å². The average molecular weight is 516 g/mol. The van der Waals surface area contributed by atoms with Gasteiger partial charge in [0.05, 0.1) is 40.2 Å². The molecule has 0 bridgehead atoms. The summed E-state index contributed by atoms with van der Waals surface area (Å²) < 4.78 is 21.8. The highest BCUT2D eigenvalue weighted by Gasteiger charge is 2.48. The van der Waals surface area contributed by atoms with Gasteiger partial charge >= 0.3 is 5.69 Å². The molecule has 3 aromatic rings. The zero-order chi connectivity index (χ0) is 24.9. The van der Waals surface area contributed by atoms with Crippen LogP contribution in [0.5, 0.6) is 0 Å². The topological polar surface area (TPSA) is 93.2 Å². The number of ether oxygens (including phenoxy) is 1. The Balaban J connectivity index is 1.84. The van der Waals surface area contributed by atoms with Crippen molar-refractivity contribution in [1.82, 2.24) is 14.1 Å². The number of pyridine rings is 1. The van der Waals surface area contributed by atoms with Crippen LogP contribution in [0.15, 0.2) is 46.2 Å². The predicted molar refractivity (Wildman–Crippen MR) is 130 cm³/mol. The van der Waals surface area contributed by atoms with E-state index in [1.807, 2.05) is 4.90 Å². The van der Waals surface area contributed by atoms with Gasteiger partial charge in [-0.05, 0) is 37.1 Å². The molecule has 1 spiro atoms. The normalized spacial score (nSPS) is 17.3. The zero-order valence-corrected chi connectivity index (χ0v) is 20.2. The standard InChI is InChI=1S/C24H20Cl2FN5O3/c1-14(8-28)31-21(30-11-24(12-30)4-5-35-13-24)20(15-2-3-19(27)18(26)6-15)22(33)32(23(31)34)17-7-16(25)9-29-10-17/h2-3,6-7,9-10,14H,4-5,11-13H2,1H3/t14-/m0/s1. The van der Waals surface area contributed by atoms with Gasteiger partial charge in [0.15, 0.2) is 0 Å². The lowest BCUT2D eigenvalue weighted by atomic mass is 9.79. The van der Waals surface area contributed by atoms with Crippen LogP contribution in [0.2, 0.25) is 10.0 Å². The second-order valence-electron chi connectivity index (χ2n) is 8.95. The Labute approximate surface area is 209 Å². The lowest BCUT2D eigenvalue weighted by Crippen LogP contribution is -2.59. The quantitative estimate of drug-likeness (QED) is 0.524. The van der Waals surface area contributed by atoms with Crippen LogP contribution in [0.4, 0.5) is 10.2 Å². The minimum absolute atomic E-state index is 0.0692. The first kappa shape index (κ1) is 23.5. The molecule has 4 heterocycles. The predicted octanol–water partition coefficient (Wildman–Crippen LogP) is 3.82. The maximum Gasteiger partial charge on any atom is 0.338 e. The number of halogens is 3. The third-order valence-electron chi connectivity index (χ3n) is 6.53. The molecule has 0 unspecified atom stereocenters. The van der Waals surface area contributed by atoms with Gasteiger partial charge in [-0.2, -0.15) is 5.26 Å². The van der Waals surface area contributed by atoms with Crippen LogP contribution in [0.3, 0.4) is 0 Å². The van der Waals surface area contributed by atoms with E-state index in [9.17, 15) is 19.2 Å². The Hall–Kier alpha value is -3.19. The van der Waals surface area contributed by atoms with Crippen molar-refractivity contribution >= 4 is 29.0 Å². The molecule has 2 aliphatic rings. The molecule has 0 radical (unpaired) electrons. The summed E-state index contributed by atoms with van der Waals surface area (Å²) in [5.41, 5.74) is -0.827. The van der Waals surface area contributed by atoms with Crippen molar-refractivity contribution in [1.29, 1.82) is 5.26 Å². The summed E-state index contributed by atoms with van der Waals surface area (Å²) in [5.74, 6) is -0.346. The van der Waals surface area contributed by atoms with Crippen LogP contribution < -0.4 is 16.1 Å². The van der Waals surface area contributed by atoms with Gasteiger partial charge in [0.2, 0.25) is 0 Å². The van der Waals surface area contributed by atoms with Crippen LogP contribution in [-0.4, -0.2) is 40.4 Å². The Bertz CT molecular complexity index is 1480. The summed E-state index contributed by atoms with van der Waals surface area (Å²) in [6.45, 7) is 3.92. The molecule has 180 valence electrons. The molecule has 0 saturated carbocycles. The number of anilines is 1. The van der Waals surface area contributed by atoms with E-state index in [2.05, 4.69) is 11.1 Å². The molecular weight excluding hydrogens is 496 g/mol. The number of hydrogen-bond donors (Lipinski definition) is 0. The van der Waals surface area contributed by atoms with E-state index in [1.165, 1.54) is 35.2 Å². The minimum Gasteiger partial charge on any atom is -0.381 e. The molecule has 2 aliphatic heterocycles. The average Bonchev–Trinajstić information content (AvgIpc) is 3.30. The molecule has 0 amide bonds. The number of aromatic nitrogens is 3. The van der Waals surface area contributed by atoms with Crippen molar-refractivity contribution in [2.45, 2.75) is 19.4 Å². The third-order valence-corrected chi connectivity index (χ3v) is 7.03. The van der Waals surface area contributed by atoms with E-state index in [0.29, 0.717) is 37.7 Å².